The second kappa shape index (κ2) is 5.61. The second-order valence-corrected chi connectivity index (χ2v) is 5.09. The van der Waals surface area contributed by atoms with Crippen molar-refractivity contribution in [2.45, 2.75) is 32.8 Å². The summed E-state index contributed by atoms with van der Waals surface area (Å²) < 4.78 is 5.36. The minimum absolute atomic E-state index is 0.118. The van der Waals surface area contributed by atoms with E-state index in [1.165, 1.54) is 0 Å². The molecule has 0 saturated carbocycles. The summed E-state index contributed by atoms with van der Waals surface area (Å²) >= 11 is 0. The normalized spacial score (nSPS) is 23.1. The van der Waals surface area contributed by atoms with E-state index in [1.54, 1.807) is 7.11 Å². The van der Waals surface area contributed by atoms with Crippen molar-refractivity contribution in [2.75, 3.05) is 26.7 Å². The number of rotatable bonds is 4. The van der Waals surface area contributed by atoms with Gasteiger partial charge in [0.1, 0.15) is 0 Å². The fourth-order valence-corrected chi connectivity index (χ4v) is 2.18. The minimum atomic E-state index is -0.454. The van der Waals surface area contributed by atoms with Gasteiger partial charge in [0.25, 0.3) is 0 Å². The first-order valence-corrected chi connectivity index (χ1v) is 5.76. The summed E-state index contributed by atoms with van der Waals surface area (Å²) in [6.45, 7) is 6.46. The maximum absolute atomic E-state index is 11.6. The van der Waals surface area contributed by atoms with Gasteiger partial charge in [0, 0.05) is 20.2 Å². The standard InChI is InChI=1S/C11H23N3O2/c1-11(2,10(15)13-12)8-14-6-4-5-9(7-14)16-3/h9H,4-8,12H2,1-3H3,(H,13,15). The molecule has 16 heavy (non-hydrogen) atoms. The first kappa shape index (κ1) is 13.4. The largest absolute Gasteiger partial charge is 0.380 e. The molecule has 0 bridgehead atoms. The summed E-state index contributed by atoms with van der Waals surface area (Å²) in [5.41, 5.74) is 1.77. The monoisotopic (exact) mass is 229 g/mol. The van der Waals surface area contributed by atoms with Crippen LogP contribution in [0, 0.1) is 5.41 Å². The van der Waals surface area contributed by atoms with E-state index in [-0.39, 0.29) is 5.91 Å². The highest BCUT2D eigenvalue weighted by atomic mass is 16.5. The van der Waals surface area contributed by atoms with Gasteiger partial charge in [-0.25, -0.2) is 5.84 Å². The molecule has 1 amide bonds. The van der Waals surface area contributed by atoms with Gasteiger partial charge in [0.15, 0.2) is 0 Å². The molecule has 1 atom stereocenters. The predicted octanol–water partition coefficient (Wildman–Crippen LogP) is 0.113. The second-order valence-electron chi connectivity index (χ2n) is 5.09. The third-order valence-corrected chi connectivity index (χ3v) is 3.16. The fraction of sp³-hybridized carbons (Fsp3) is 0.909. The van der Waals surface area contributed by atoms with E-state index in [2.05, 4.69) is 10.3 Å². The smallest absolute Gasteiger partial charge is 0.240 e. The third kappa shape index (κ3) is 3.43. The molecule has 1 unspecified atom stereocenters. The van der Waals surface area contributed by atoms with Gasteiger partial charge in [0.05, 0.1) is 11.5 Å². The Labute approximate surface area is 97.3 Å². The molecule has 0 spiro atoms. The van der Waals surface area contributed by atoms with Gasteiger partial charge >= 0.3 is 0 Å². The van der Waals surface area contributed by atoms with Gasteiger partial charge in [-0.15, -0.1) is 0 Å². The Balaban J connectivity index is 2.49. The lowest BCUT2D eigenvalue weighted by atomic mass is 9.91. The number of carbonyl (C=O) groups is 1. The van der Waals surface area contributed by atoms with E-state index in [9.17, 15) is 4.79 Å². The minimum Gasteiger partial charge on any atom is -0.380 e. The molecule has 0 aromatic rings. The van der Waals surface area contributed by atoms with Crippen LogP contribution in [0.2, 0.25) is 0 Å². The summed E-state index contributed by atoms with van der Waals surface area (Å²) in [7, 11) is 1.74. The average molecular weight is 229 g/mol. The number of carbonyl (C=O) groups excluding carboxylic acids is 1. The van der Waals surface area contributed by atoms with Crippen LogP contribution in [0.3, 0.4) is 0 Å². The van der Waals surface area contributed by atoms with E-state index in [1.807, 2.05) is 13.8 Å². The molecule has 0 aromatic heterocycles. The van der Waals surface area contributed by atoms with Crippen LogP contribution < -0.4 is 11.3 Å². The number of hydrogen-bond donors (Lipinski definition) is 2. The number of nitrogens with zero attached hydrogens (tertiary/aromatic N) is 1. The molecule has 1 aliphatic rings. The van der Waals surface area contributed by atoms with Crippen molar-refractivity contribution >= 4 is 5.91 Å². The first-order chi connectivity index (χ1) is 7.49. The average Bonchev–Trinajstić information content (AvgIpc) is 2.27. The van der Waals surface area contributed by atoms with E-state index in [0.29, 0.717) is 6.10 Å². The van der Waals surface area contributed by atoms with Crippen LogP contribution >= 0.6 is 0 Å². The highest BCUT2D eigenvalue weighted by molar-refractivity contribution is 5.81. The maximum atomic E-state index is 11.6. The number of nitrogens with two attached hydrogens (primary N) is 1. The van der Waals surface area contributed by atoms with Crippen LogP contribution in [0.5, 0.6) is 0 Å². The molecule has 3 N–H and O–H groups in total. The summed E-state index contributed by atoms with van der Waals surface area (Å²) in [6.07, 6.45) is 2.53. The molecule has 94 valence electrons. The van der Waals surface area contributed by atoms with Crippen molar-refractivity contribution in [3.63, 3.8) is 0 Å². The highest BCUT2D eigenvalue weighted by Crippen LogP contribution is 2.21. The lowest BCUT2D eigenvalue weighted by molar-refractivity contribution is -0.131. The lowest BCUT2D eigenvalue weighted by Crippen LogP contribution is -2.50. The van der Waals surface area contributed by atoms with Gasteiger partial charge < -0.3 is 4.74 Å². The van der Waals surface area contributed by atoms with E-state index in [0.717, 1.165) is 32.5 Å². The summed E-state index contributed by atoms with van der Waals surface area (Å²) in [5, 5.41) is 0. The van der Waals surface area contributed by atoms with Crippen molar-refractivity contribution in [3.8, 4) is 0 Å². The quantitative estimate of drug-likeness (QED) is 0.408. The zero-order chi connectivity index (χ0) is 12.2. The number of piperidine rings is 1. The third-order valence-electron chi connectivity index (χ3n) is 3.16. The Morgan fingerprint density at radius 1 is 1.62 bits per heavy atom. The van der Waals surface area contributed by atoms with E-state index in [4.69, 9.17) is 10.6 Å². The Kier molecular flexibility index (Phi) is 4.70. The van der Waals surface area contributed by atoms with Crippen LogP contribution in [-0.4, -0.2) is 43.7 Å². The molecule has 5 heteroatoms. The number of hydrogen-bond acceptors (Lipinski definition) is 4. The Morgan fingerprint density at radius 3 is 2.88 bits per heavy atom. The zero-order valence-electron chi connectivity index (χ0n) is 10.5. The Hall–Kier alpha value is -0.650. The van der Waals surface area contributed by atoms with Crippen LogP contribution in [-0.2, 0) is 9.53 Å². The Morgan fingerprint density at radius 2 is 2.31 bits per heavy atom. The first-order valence-electron chi connectivity index (χ1n) is 5.76. The molecular formula is C11H23N3O2. The Bertz CT molecular complexity index is 243. The molecule has 1 rings (SSSR count). The predicted molar refractivity (Wildman–Crippen MR) is 62.6 cm³/mol. The molecule has 1 fully saturated rings. The van der Waals surface area contributed by atoms with Gasteiger partial charge in [-0.1, -0.05) is 0 Å². The van der Waals surface area contributed by atoms with Crippen LogP contribution in [0.4, 0.5) is 0 Å². The van der Waals surface area contributed by atoms with Crippen LogP contribution in [0.25, 0.3) is 0 Å². The molecule has 1 aliphatic heterocycles. The molecular weight excluding hydrogens is 206 g/mol. The van der Waals surface area contributed by atoms with E-state index < -0.39 is 5.41 Å². The number of hydrazine groups is 1. The molecule has 0 radical (unpaired) electrons. The summed E-state index contributed by atoms with van der Waals surface area (Å²) in [6, 6.07) is 0. The summed E-state index contributed by atoms with van der Waals surface area (Å²) in [5.74, 6) is 5.06. The zero-order valence-corrected chi connectivity index (χ0v) is 10.5. The highest BCUT2D eigenvalue weighted by Gasteiger charge is 2.31. The van der Waals surface area contributed by atoms with Gasteiger partial charge in [0.2, 0.25) is 5.91 Å². The van der Waals surface area contributed by atoms with Crippen LogP contribution in [0.15, 0.2) is 0 Å². The lowest BCUT2D eigenvalue weighted by Gasteiger charge is -2.36. The van der Waals surface area contributed by atoms with Crippen molar-refractivity contribution in [3.05, 3.63) is 0 Å². The molecule has 0 aliphatic carbocycles. The number of ether oxygens (including phenoxy) is 1. The summed E-state index contributed by atoms with van der Waals surface area (Å²) in [4.78, 5) is 13.8. The number of nitrogens with one attached hydrogen (secondary N) is 1. The fourth-order valence-electron chi connectivity index (χ4n) is 2.18. The van der Waals surface area contributed by atoms with Crippen molar-refractivity contribution in [2.24, 2.45) is 11.3 Å². The van der Waals surface area contributed by atoms with Crippen molar-refractivity contribution < 1.29 is 9.53 Å². The molecule has 1 heterocycles. The number of likely N-dealkylation sites (tertiary alicyclic amines) is 1. The number of amides is 1. The van der Waals surface area contributed by atoms with Crippen LogP contribution in [0.1, 0.15) is 26.7 Å². The van der Waals surface area contributed by atoms with Gasteiger partial charge in [-0.3, -0.25) is 15.1 Å². The van der Waals surface area contributed by atoms with Gasteiger partial charge in [-0.2, -0.15) is 0 Å². The van der Waals surface area contributed by atoms with Crippen molar-refractivity contribution in [1.82, 2.24) is 10.3 Å². The topological polar surface area (TPSA) is 67.6 Å². The van der Waals surface area contributed by atoms with Crippen molar-refractivity contribution in [1.29, 1.82) is 0 Å². The molecule has 5 nitrogen and oxygen atoms in total. The number of methoxy groups -OCH3 is 1. The van der Waals surface area contributed by atoms with E-state index >= 15 is 0 Å². The molecule has 0 aromatic carbocycles. The SMILES string of the molecule is COC1CCCN(CC(C)(C)C(=O)NN)C1. The maximum Gasteiger partial charge on any atom is 0.240 e. The molecule has 1 saturated heterocycles. The van der Waals surface area contributed by atoms with Gasteiger partial charge in [-0.05, 0) is 33.2 Å².